The highest BCUT2D eigenvalue weighted by Gasteiger charge is 2.08. The van der Waals surface area contributed by atoms with Crippen LogP contribution in [0.5, 0.6) is 5.75 Å². The van der Waals surface area contributed by atoms with Gasteiger partial charge in [-0.05, 0) is 12.1 Å². The second kappa shape index (κ2) is 6.60. The molecule has 0 aliphatic carbocycles. The number of carbonyl (C=O) groups excluding carboxylic acids is 1. The van der Waals surface area contributed by atoms with Crippen molar-refractivity contribution in [2.75, 3.05) is 23.0 Å². The van der Waals surface area contributed by atoms with Crippen LogP contribution < -0.4 is 14.8 Å². The summed E-state index contributed by atoms with van der Waals surface area (Å²) in [5.74, 6) is 0.148. The summed E-state index contributed by atoms with van der Waals surface area (Å²) in [7, 11) is -1.89. The fraction of sp³-hybridized carbons (Fsp3) is 0.300. The Morgan fingerprint density at radius 3 is 2.78 bits per heavy atom. The molecule has 0 unspecified atom stereocenters. The molecule has 18 heavy (non-hydrogen) atoms. The van der Waals surface area contributed by atoms with Crippen LogP contribution in [0.4, 0.5) is 5.69 Å². The summed E-state index contributed by atoms with van der Waals surface area (Å²) < 4.78 is 30.0. The number of nitrogens with one attached hydrogen (secondary N) is 2. The monoisotopic (exact) mass is 336 g/mol. The minimum atomic E-state index is -3.39. The number of hydrogen-bond acceptors (Lipinski definition) is 4. The molecule has 6 nitrogen and oxygen atoms in total. The summed E-state index contributed by atoms with van der Waals surface area (Å²) in [6.45, 7) is -0.120. The fourth-order valence-corrected chi connectivity index (χ4v) is 1.96. The third-order valence-corrected chi connectivity index (χ3v) is 4.54. The van der Waals surface area contributed by atoms with E-state index in [1.807, 2.05) is 0 Å². The number of alkyl halides is 1. The first-order valence-corrected chi connectivity index (χ1v) is 7.74. The topological polar surface area (TPSA) is 84.5 Å². The van der Waals surface area contributed by atoms with Gasteiger partial charge in [-0.15, -0.1) is 0 Å². The van der Waals surface area contributed by atoms with Gasteiger partial charge >= 0.3 is 0 Å². The zero-order valence-electron chi connectivity index (χ0n) is 9.64. The number of likely N-dealkylation sites (N-methyl/N-ethyl adjacent to an activating group) is 1. The summed E-state index contributed by atoms with van der Waals surface area (Å²) in [6.07, 6.45) is 0. The van der Waals surface area contributed by atoms with E-state index in [4.69, 9.17) is 4.74 Å². The van der Waals surface area contributed by atoms with E-state index in [-0.39, 0.29) is 17.2 Å². The van der Waals surface area contributed by atoms with Gasteiger partial charge in [0.1, 0.15) is 10.4 Å². The molecular formula is C10H13BrN2O4S. The van der Waals surface area contributed by atoms with Crippen molar-refractivity contribution in [3.63, 3.8) is 0 Å². The van der Waals surface area contributed by atoms with Crippen LogP contribution in [-0.2, 0) is 14.8 Å². The molecular weight excluding hydrogens is 324 g/mol. The van der Waals surface area contributed by atoms with E-state index in [9.17, 15) is 13.2 Å². The molecule has 0 aliphatic rings. The molecule has 0 heterocycles. The molecule has 0 aromatic heterocycles. The molecule has 1 amide bonds. The SMILES string of the molecule is CNC(=O)COc1cccc(NS(=O)(=O)CBr)c1. The van der Waals surface area contributed by atoms with E-state index in [0.717, 1.165) is 0 Å². The Morgan fingerprint density at radius 1 is 1.44 bits per heavy atom. The third-order valence-electron chi connectivity index (χ3n) is 1.90. The summed E-state index contributed by atoms with van der Waals surface area (Å²) in [6, 6.07) is 6.36. The number of benzene rings is 1. The predicted octanol–water partition coefficient (Wildman–Crippen LogP) is 0.905. The van der Waals surface area contributed by atoms with Crippen molar-refractivity contribution in [2.24, 2.45) is 0 Å². The first-order chi connectivity index (χ1) is 8.46. The van der Waals surface area contributed by atoms with E-state index in [2.05, 4.69) is 26.0 Å². The van der Waals surface area contributed by atoms with Gasteiger partial charge in [-0.3, -0.25) is 9.52 Å². The fourth-order valence-electron chi connectivity index (χ4n) is 1.08. The van der Waals surface area contributed by atoms with E-state index in [1.165, 1.54) is 13.1 Å². The second-order valence-electron chi connectivity index (χ2n) is 3.32. The first-order valence-electron chi connectivity index (χ1n) is 4.97. The maximum Gasteiger partial charge on any atom is 0.257 e. The third kappa shape index (κ3) is 4.92. The Hall–Kier alpha value is -1.28. The van der Waals surface area contributed by atoms with Gasteiger partial charge in [0.2, 0.25) is 10.0 Å². The summed E-state index contributed by atoms with van der Waals surface area (Å²) in [5, 5.41) is 2.42. The van der Waals surface area contributed by atoms with Gasteiger partial charge in [0, 0.05) is 13.1 Å². The van der Waals surface area contributed by atoms with Crippen LogP contribution in [0.25, 0.3) is 0 Å². The number of anilines is 1. The van der Waals surface area contributed by atoms with Crippen LogP contribution in [0.2, 0.25) is 0 Å². The van der Waals surface area contributed by atoms with Crippen molar-refractivity contribution in [1.29, 1.82) is 0 Å². The molecule has 0 saturated carbocycles. The number of sulfonamides is 1. The van der Waals surface area contributed by atoms with Crippen molar-refractivity contribution in [3.05, 3.63) is 24.3 Å². The van der Waals surface area contributed by atoms with Crippen molar-refractivity contribution < 1.29 is 17.9 Å². The van der Waals surface area contributed by atoms with Crippen LogP contribution >= 0.6 is 15.9 Å². The summed E-state index contributed by atoms with van der Waals surface area (Å²) in [4.78, 5) is 11.0. The van der Waals surface area contributed by atoms with E-state index in [1.54, 1.807) is 18.2 Å². The second-order valence-corrected chi connectivity index (χ2v) is 6.34. The maximum absolute atomic E-state index is 11.3. The lowest BCUT2D eigenvalue weighted by molar-refractivity contribution is -0.122. The largest absolute Gasteiger partial charge is 0.484 e. The van der Waals surface area contributed by atoms with Crippen molar-refractivity contribution in [3.8, 4) is 5.75 Å². The molecule has 1 aromatic rings. The lowest BCUT2D eigenvalue weighted by Gasteiger charge is -2.08. The average molecular weight is 337 g/mol. The predicted molar refractivity (Wildman–Crippen MR) is 72.3 cm³/mol. The maximum atomic E-state index is 11.3. The zero-order chi connectivity index (χ0) is 13.6. The number of amides is 1. The Bertz CT molecular complexity index is 518. The minimum absolute atomic E-state index is 0.120. The molecule has 0 spiro atoms. The van der Waals surface area contributed by atoms with Crippen molar-refractivity contribution >= 4 is 37.5 Å². The standard InChI is InChI=1S/C10H13BrN2O4S/c1-12-10(14)6-17-9-4-2-3-8(5-9)13-18(15,16)7-11/h2-5,13H,6-7H2,1H3,(H,12,14). The van der Waals surface area contributed by atoms with Gasteiger partial charge in [-0.1, -0.05) is 22.0 Å². The van der Waals surface area contributed by atoms with Gasteiger partial charge in [0.15, 0.2) is 6.61 Å². The number of hydrogen-bond donors (Lipinski definition) is 2. The summed E-state index contributed by atoms with van der Waals surface area (Å²) >= 11 is 2.87. The van der Waals surface area contributed by atoms with Gasteiger partial charge in [-0.2, -0.15) is 0 Å². The van der Waals surface area contributed by atoms with Gasteiger partial charge in [0.05, 0.1) is 5.69 Å². The molecule has 1 aromatic carbocycles. The molecule has 8 heteroatoms. The van der Waals surface area contributed by atoms with E-state index < -0.39 is 10.0 Å². The van der Waals surface area contributed by atoms with E-state index >= 15 is 0 Å². The minimum Gasteiger partial charge on any atom is -0.484 e. The average Bonchev–Trinajstić information content (AvgIpc) is 2.36. The zero-order valence-corrected chi connectivity index (χ0v) is 12.0. The van der Waals surface area contributed by atoms with Gasteiger partial charge < -0.3 is 10.1 Å². The quantitative estimate of drug-likeness (QED) is 0.756. The highest BCUT2D eigenvalue weighted by atomic mass is 79.9. The molecule has 0 fully saturated rings. The number of ether oxygens (including phenoxy) is 1. The Balaban J connectivity index is 2.71. The van der Waals surface area contributed by atoms with Crippen LogP contribution in [0.3, 0.4) is 0 Å². The lowest BCUT2D eigenvalue weighted by Crippen LogP contribution is -2.24. The molecule has 0 atom stereocenters. The highest BCUT2D eigenvalue weighted by molar-refractivity contribution is 9.10. The lowest BCUT2D eigenvalue weighted by atomic mass is 10.3. The Labute approximate surface area is 114 Å². The molecule has 1 rings (SSSR count). The Morgan fingerprint density at radius 2 is 2.17 bits per heavy atom. The molecule has 100 valence electrons. The van der Waals surface area contributed by atoms with E-state index in [0.29, 0.717) is 11.4 Å². The van der Waals surface area contributed by atoms with Gasteiger partial charge in [0.25, 0.3) is 5.91 Å². The Kier molecular flexibility index (Phi) is 5.42. The number of carbonyl (C=O) groups is 1. The van der Waals surface area contributed by atoms with Crippen molar-refractivity contribution in [1.82, 2.24) is 5.32 Å². The normalized spacial score (nSPS) is 10.8. The smallest absolute Gasteiger partial charge is 0.257 e. The van der Waals surface area contributed by atoms with Crippen LogP contribution in [0, 0.1) is 0 Å². The van der Waals surface area contributed by atoms with Crippen LogP contribution in [0.15, 0.2) is 24.3 Å². The molecule has 0 saturated heterocycles. The summed E-state index contributed by atoms with van der Waals surface area (Å²) in [5.41, 5.74) is 0.379. The molecule has 2 N–H and O–H groups in total. The number of rotatable bonds is 6. The highest BCUT2D eigenvalue weighted by Crippen LogP contribution is 2.18. The van der Waals surface area contributed by atoms with Gasteiger partial charge in [-0.25, -0.2) is 8.42 Å². The van der Waals surface area contributed by atoms with Crippen LogP contribution in [-0.4, -0.2) is 32.6 Å². The molecule has 0 bridgehead atoms. The molecule has 0 radical (unpaired) electrons. The first kappa shape index (κ1) is 14.8. The molecule has 0 aliphatic heterocycles. The van der Waals surface area contributed by atoms with Crippen molar-refractivity contribution in [2.45, 2.75) is 0 Å². The number of halogens is 1. The van der Waals surface area contributed by atoms with Crippen LogP contribution in [0.1, 0.15) is 0 Å².